The van der Waals surface area contributed by atoms with E-state index in [4.69, 9.17) is 11.6 Å². The SMILES string of the molecule is O=C(O)C1CN(C(=O)c2ccnc(Cl)c2)c2ccccc21. The molecule has 21 heavy (non-hydrogen) atoms. The molecule has 1 unspecified atom stereocenters. The summed E-state index contributed by atoms with van der Waals surface area (Å²) < 4.78 is 0. The van der Waals surface area contributed by atoms with Crippen LogP contribution in [0.1, 0.15) is 21.8 Å². The van der Waals surface area contributed by atoms with Gasteiger partial charge in [-0.3, -0.25) is 9.59 Å². The summed E-state index contributed by atoms with van der Waals surface area (Å²) in [6.07, 6.45) is 1.45. The third kappa shape index (κ3) is 2.36. The van der Waals surface area contributed by atoms with E-state index < -0.39 is 11.9 Å². The molecule has 6 heteroatoms. The van der Waals surface area contributed by atoms with E-state index in [0.29, 0.717) is 16.8 Å². The van der Waals surface area contributed by atoms with E-state index in [9.17, 15) is 14.7 Å². The maximum absolute atomic E-state index is 12.6. The lowest BCUT2D eigenvalue weighted by Gasteiger charge is -2.17. The fourth-order valence-corrected chi connectivity index (χ4v) is 2.68. The average molecular weight is 303 g/mol. The van der Waals surface area contributed by atoms with Crippen LogP contribution in [0.5, 0.6) is 0 Å². The van der Waals surface area contributed by atoms with E-state index in [1.807, 2.05) is 0 Å². The van der Waals surface area contributed by atoms with Crippen molar-refractivity contribution in [2.75, 3.05) is 11.4 Å². The summed E-state index contributed by atoms with van der Waals surface area (Å²) in [6, 6.07) is 10.1. The number of rotatable bonds is 2. The quantitative estimate of drug-likeness (QED) is 0.866. The number of hydrogen-bond acceptors (Lipinski definition) is 3. The molecular formula is C15H11ClN2O3. The molecule has 106 valence electrons. The summed E-state index contributed by atoms with van der Waals surface area (Å²) in [5.41, 5.74) is 1.66. The van der Waals surface area contributed by atoms with Crippen LogP contribution < -0.4 is 4.90 Å². The molecule has 0 radical (unpaired) electrons. The molecule has 1 N–H and O–H groups in total. The van der Waals surface area contributed by atoms with Crippen molar-refractivity contribution in [2.24, 2.45) is 0 Å². The summed E-state index contributed by atoms with van der Waals surface area (Å²) in [7, 11) is 0. The van der Waals surface area contributed by atoms with Gasteiger partial charge in [-0.1, -0.05) is 29.8 Å². The number of carbonyl (C=O) groups is 2. The third-order valence-electron chi connectivity index (χ3n) is 3.48. The fourth-order valence-electron chi connectivity index (χ4n) is 2.50. The Balaban J connectivity index is 2.01. The first-order valence-corrected chi connectivity index (χ1v) is 6.71. The number of aromatic nitrogens is 1. The van der Waals surface area contributed by atoms with Crippen LogP contribution in [0.3, 0.4) is 0 Å². The van der Waals surface area contributed by atoms with Gasteiger partial charge in [0.1, 0.15) is 11.1 Å². The monoisotopic (exact) mass is 302 g/mol. The Hall–Kier alpha value is -2.40. The Morgan fingerprint density at radius 2 is 2.05 bits per heavy atom. The van der Waals surface area contributed by atoms with Gasteiger partial charge in [-0.25, -0.2) is 4.98 Å². The number of benzene rings is 1. The molecule has 0 spiro atoms. The molecule has 0 bridgehead atoms. The number of halogens is 1. The van der Waals surface area contributed by atoms with Gasteiger partial charge in [-0.2, -0.15) is 0 Å². The number of hydrogen-bond donors (Lipinski definition) is 1. The Labute approximate surface area is 125 Å². The Kier molecular flexibility index (Phi) is 3.35. The zero-order valence-corrected chi connectivity index (χ0v) is 11.6. The normalized spacial score (nSPS) is 16.6. The van der Waals surface area contributed by atoms with Gasteiger partial charge in [0.25, 0.3) is 5.91 Å². The van der Waals surface area contributed by atoms with Crippen molar-refractivity contribution in [1.82, 2.24) is 4.98 Å². The van der Waals surface area contributed by atoms with Gasteiger partial charge in [0.2, 0.25) is 0 Å². The predicted octanol–water partition coefficient (Wildman–Crippen LogP) is 2.56. The highest BCUT2D eigenvalue weighted by Gasteiger charge is 2.36. The zero-order chi connectivity index (χ0) is 15.0. The summed E-state index contributed by atoms with van der Waals surface area (Å²) >= 11 is 5.80. The first-order valence-electron chi connectivity index (χ1n) is 6.33. The van der Waals surface area contributed by atoms with Crippen LogP contribution in [-0.4, -0.2) is 28.5 Å². The molecule has 0 saturated carbocycles. The van der Waals surface area contributed by atoms with Crippen LogP contribution in [0, 0.1) is 0 Å². The Bertz CT molecular complexity index is 732. The second-order valence-electron chi connectivity index (χ2n) is 4.73. The van der Waals surface area contributed by atoms with Gasteiger partial charge in [-0.05, 0) is 23.8 Å². The van der Waals surface area contributed by atoms with E-state index in [0.717, 1.165) is 0 Å². The molecule has 1 atom stereocenters. The van der Waals surface area contributed by atoms with Gasteiger partial charge < -0.3 is 10.0 Å². The van der Waals surface area contributed by atoms with Crippen molar-refractivity contribution in [3.05, 3.63) is 58.9 Å². The lowest BCUT2D eigenvalue weighted by atomic mass is 10.0. The van der Waals surface area contributed by atoms with E-state index in [1.165, 1.54) is 17.2 Å². The number of fused-ring (bicyclic) bond motifs is 1. The van der Waals surface area contributed by atoms with Gasteiger partial charge in [0.15, 0.2) is 0 Å². The summed E-state index contributed by atoms with van der Waals surface area (Å²) in [5.74, 6) is -1.93. The predicted molar refractivity (Wildman–Crippen MR) is 77.7 cm³/mol. The molecule has 2 aromatic rings. The van der Waals surface area contributed by atoms with Crippen LogP contribution in [-0.2, 0) is 4.79 Å². The van der Waals surface area contributed by atoms with Crippen LogP contribution in [0.15, 0.2) is 42.6 Å². The standard InChI is InChI=1S/C15H11ClN2O3/c16-13-7-9(5-6-17-13)14(19)18-8-11(15(20)21)10-3-1-2-4-12(10)18/h1-7,11H,8H2,(H,20,21). The maximum Gasteiger partial charge on any atom is 0.312 e. The van der Waals surface area contributed by atoms with Gasteiger partial charge in [0, 0.05) is 24.0 Å². The number of amides is 1. The molecule has 0 saturated heterocycles. The second-order valence-corrected chi connectivity index (χ2v) is 5.12. The first kappa shape index (κ1) is 13.6. The Morgan fingerprint density at radius 3 is 2.76 bits per heavy atom. The average Bonchev–Trinajstić information content (AvgIpc) is 2.86. The molecule has 0 fully saturated rings. The van der Waals surface area contributed by atoms with E-state index in [1.54, 1.807) is 30.3 Å². The fraction of sp³-hybridized carbons (Fsp3) is 0.133. The molecule has 1 aromatic carbocycles. The van der Waals surface area contributed by atoms with Crippen LogP contribution in [0.4, 0.5) is 5.69 Å². The van der Waals surface area contributed by atoms with Crippen molar-refractivity contribution in [3.63, 3.8) is 0 Å². The number of nitrogens with zero attached hydrogens (tertiary/aromatic N) is 2. The van der Waals surface area contributed by atoms with Gasteiger partial charge >= 0.3 is 5.97 Å². The largest absolute Gasteiger partial charge is 0.481 e. The van der Waals surface area contributed by atoms with Crippen LogP contribution in [0.2, 0.25) is 5.15 Å². The first-order chi connectivity index (χ1) is 10.1. The number of pyridine rings is 1. The lowest BCUT2D eigenvalue weighted by Crippen LogP contribution is -2.31. The molecule has 3 rings (SSSR count). The molecule has 5 nitrogen and oxygen atoms in total. The Morgan fingerprint density at radius 1 is 1.29 bits per heavy atom. The number of carboxylic acid groups (broad SMARTS) is 1. The van der Waals surface area contributed by atoms with Gasteiger partial charge in [-0.15, -0.1) is 0 Å². The van der Waals surface area contributed by atoms with Crippen molar-refractivity contribution in [2.45, 2.75) is 5.92 Å². The van der Waals surface area contributed by atoms with Crippen molar-refractivity contribution < 1.29 is 14.7 Å². The van der Waals surface area contributed by atoms with E-state index in [2.05, 4.69) is 4.98 Å². The van der Waals surface area contributed by atoms with Crippen molar-refractivity contribution in [1.29, 1.82) is 0 Å². The summed E-state index contributed by atoms with van der Waals surface area (Å²) in [6.45, 7) is 0.119. The van der Waals surface area contributed by atoms with Crippen molar-refractivity contribution in [3.8, 4) is 0 Å². The highest BCUT2D eigenvalue weighted by molar-refractivity contribution is 6.29. The smallest absolute Gasteiger partial charge is 0.312 e. The molecule has 1 aliphatic rings. The number of para-hydroxylation sites is 1. The van der Waals surface area contributed by atoms with Crippen LogP contribution in [0.25, 0.3) is 0 Å². The highest BCUT2D eigenvalue weighted by Crippen LogP contribution is 2.37. The minimum Gasteiger partial charge on any atom is -0.481 e. The summed E-state index contributed by atoms with van der Waals surface area (Å²) in [5, 5.41) is 9.53. The lowest BCUT2D eigenvalue weighted by molar-refractivity contribution is -0.138. The second kappa shape index (κ2) is 5.18. The highest BCUT2D eigenvalue weighted by atomic mass is 35.5. The molecule has 1 amide bonds. The number of carboxylic acids is 1. The minimum atomic E-state index is -0.939. The maximum atomic E-state index is 12.6. The number of anilines is 1. The molecule has 0 aliphatic carbocycles. The van der Waals surface area contributed by atoms with E-state index >= 15 is 0 Å². The topological polar surface area (TPSA) is 70.5 Å². The van der Waals surface area contributed by atoms with Gasteiger partial charge in [0.05, 0.1) is 0 Å². The minimum absolute atomic E-state index is 0.119. The van der Waals surface area contributed by atoms with Crippen LogP contribution >= 0.6 is 11.6 Å². The number of aliphatic carboxylic acids is 1. The molecule has 1 aromatic heterocycles. The molecule has 2 heterocycles. The third-order valence-corrected chi connectivity index (χ3v) is 3.69. The number of carbonyl (C=O) groups excluding carboxylic acids is 1. The van der Waals surface area contributed by atoms with E-state index in [-0.39, 0.29) is 17.6 Å². The molecular weight excluding hydrogens is 292 g/mol. The van der Waals surface area contributed by atoms with Crippen molar-refractivity contribution >= 4 is 29.2 Å². The molecule has 1 aliphatic heterocycles. The zero-order valence-electron chi connectivity index (χ0n) is 10.9. The summed E-state index contributed by atoms with van der Waals surface area (Å²) in [4.78, 5) is 29.2.